The third-order valence-corrected chi connectivity index (χ3v) is 6.16. The molecular formula is C27H23N7. The summed E-state index contributed by atoms with van der Waals surface area (Å²) in [6.07, 6.45) is 13.1. The lowest BCUT2D eigenvalue weighted by Crippen LogP contribution is -2.12. The molecule has 0 amide bonds. The van der Waals surface area contributed by atoms with E-state index in [4.69, 9.17) is 0 Å². The van der Waals surface area contributed by atoms with Crippen LogP contribution in [0.3, 0.4) is 0 Å². The molecule has 0 saturated heterocycles. The van der Waals surface area contributed by atoms with Gasteiger partial charge in [-0.15, -0.1) is 0 Å². The van der Waals surface area contributed by atoms with Crippen LogP contribution in [0.2, 0.25) is 0 Å². The summed E-state index contributed by atoms with van der Waals surface area (Å²) in [6.45, 7) is 0. The number of pyridine rings is 1. The fourth-order valence-corrected chi connectivity index (χ4v) is 4.47. The number of fused-ring (bicyclic) bond motifs is 2. The molecule has 0 aliphatic rings. The zero-order valence-electron chi connectivity index (χ0n) is 18.9. The topological polar surface area (TPSA) is 73.5 Å². The number of hydrogen-bond donors (Lipinski definition) is 1. The molecule has 0 radical (unpaired) electrons. The lowest BCUT2D eigenvalue weighted by atomic mass is 9.99. The molecule has 0 saturated carbocycles. The Bertz CT molecular complexity index is 1610. The number of anilines is 1. The maximum absolute atomic E-state index is 4.67. The van der Waals surface area contributed by atoms with Crippen LogP contribution in [0.25, 0.3) is 33.1 Å². The predicted molar refractivity (Wildman–Crippen MR) is 134 cm³/mol. The van der Waals surface area contributed by atoms with Crippen molar-refractivity contribution in [1.82, 2.24) is 29.3 Å². The van der Waals surface area contributed by atoms with Crippen LogP contribution in [0.15, 0.2) is 91.9 Å². The molecule has 2 aromatic carbocycles. The third-order valence-electron chi connectivity index (χ3n) is 6.16. The Hall–Kier alpha value is -4.52. The summed E-state index contributed by atoms with van der Waals surface area (Å²) in [5.41, 5.74) is 8.09. The van der Waals surface area contributed by atoms with Gasteiger partial charge in [0.15, 0.2) is 0 Å². The molecular weight excluding hydrogens is 422 g/mol. The summed E-state index contributed by atoms with van der Waals surface area (Å²) in [7, 11) is 3.99. The first-order chi connectivity index (χ1) is 16.7. The van der Waals surface area contributed by atoms with Crippen LogP contribution in [-0.4, -0.2) is 29.3 Å². The van der Waals surface area contributed by atoms with E-state index in [0.717, 1.165) is 39.0 Å². The maximum Gasteiger partial charge on any atom is 0.0966 e. The van der Waals surface area contributed by atoms with Crippen molar-refractivity contribution < 1.29 is 0 Å². The van der Waals surface area contributed by atoms with Gasteiger partial charge in [-0.3, -0.25) is 19.6 Å². The summed E-state index contributed by atoms with van der Waals surface area (Å²) >= 11 is 0. The van der Waals surface area contributed by atoms with Crippen molar-refractivity contribution >= 4 is 27.6 Å². The van der Waals surface area contributed by atoms with Gasteiger partial charge in [-0.05, 0) is 46.8 Å². The minimum Gasteiger partial charge on any atom is -0.374 e. The average molecular weight is 446 g/mol. The number of nitrogens with zero attached hydrogens (tertiary/aromatic N) is 6. The lowest BCUT2D eigenvalue weighted by Gasteiger charge is -2.20. The van der Waals surface area contributed by atoms with Crippen LogP contribution in [-0.2, 0) is 14.1 Å². The molecule has 7 nitrogen and oxygen atoms in total. The van der Waals surface area contributed by atoms with E-state index >= 15 is 0 Å². The second-order valence-electron chi connectivity index (χ2n) is 8.46. The molecule has 0 spiro atoms. The fourth-order valence-electron chi connectivity index (χ4n) is 4.47. The Morgan fingerprint density at radius 3 is 2.62 bits per heavy atom. The highest BCUT2D eigenvalue weighted by Gasteiger charge is 2.18. The van der Waals surface area contributed by atoms with E-state index in [2.05, 4.69) is 79.6 Å². The number of hydrogen-bond acceptors (Lipinski definition) is 5. The number of nitrogens with one attached hydrogen (secondary N) is 1. The van der Waals surface area contributed by atoms with Gasteiger partial charge in [0.2, 0.25) is 0 Å². The highest BCUT2D eigenvalue weighted by Crippen LogP contribution is 2.34. The molecule has 1 N–H and O–H groups in total. The minimum atomic E-state index is -0.111. The average Bonchev–Trinajstić information content (AvgIpc) is 3.47. The third kappa shape index (κ3) is 3.57. The van der Waals surface area contributed by atoms with Gasteiger partial charge >= 0.3 is 0 Å². The van der Waals surface area contributed by atoms with Crippen molar-refractivity contribution in [2.24, 2.45) is 14.1 Å². The van der Waals surface area contributed by atoms with Gasteiger partial charge in [-0.1, -0.05) is 18.2 Å². The Kier molecular flexibility index (Phi) is 4.80. The van der Waals surface area contributed by atoms with E-state index in [0.29, 0.717) is 0 Å². The van der Waals surface area contributed by atoms with E-state index in [1.807, 2.05) is 42.5 Å². The normalized spacial score (nSPS) is 12.3. The van der Waals surface area contributed by atoms with Crippen LogP contribution in [0.5, 0.6) is 0 Å². The van der Waals surface area contributed by atoms with Gasteiger partial charge < -0.3 is 9.88 Å². The summed E-state index contributed by atoms with van der Waals surface area (Å²) < 4.78 is 3.95. The van der Waals surface area contributed by atoms with Crippen LogP contribution < -0.4 is 5.32 Å². The minimum absolute atomic E-state index is 0.111. The Morgan fingerprint density at radius 1 is 0.882 bits per heavy atom. The lowest BCUT2D eigenvalue weighted by molar-refractivity contribution is 0.766. The smallest absolute Gasteiger partial charge is 0.0966 e. The molecule has 0 bridgehead atoms. The van der Waals surface area contributed by atoms with Crippen LogP contribution in [0.1, 0.15) is 17.2 Å². The second-order valence-corrected chi connectivity index (χ2v) is 8.46. The molecule has 6 rings (SSSR count). The van der Waals surface area contributed by atoms with Crippen molar-refractivity contribution in [3.05, 3.63) is 103 Å². The fraction of sp³-hybridized carbons (Fsp3) is 0.111. The van der Waals surface area contributed by atoms with E-state index in [9.17, 15) is 0 Å². The molecule has 0 fully saturated rings. The monoisotopic (exact) mass is 445 g/mol. The SMILES string of the molecule is Cn1cc([C@@H](Nc2cc(-c3ccc4ccn(C)c4c3)c3nccnc3c2)c2cccnc2)cn1. The molecule has 0 unspecified atom stereocenters. The highest BCUT2D eigenvalue weighted by molar-refractivity contribution is 5.97. The number of rotatable bonds is 5. The number of aromatic nitrogens is 6. The van der Waals surface area contributed by atoms with Gasteiger partial charge in [-0.25, -0.2) is 0 Å². The first-order valence-electron chi connectivity index (χ1n) is 11.1. The molecule has 0 aliphatic heterocycles. The van der Waals surface area contributed by atoms with E-state index < -0.39 is 0 Å². The molecule has 4 heterocycles. The standard InChI is InChI=1S/C27H23N7/c1-33-11-7-18-5-6-19(12-25(18)33)23-13-22(14-24-27(23)30-10-9-29-24)32-26(20-4-3-8-28-15-20)21-16-31-34(2)17-21/h3-17,26,32H,1-2H3/t26-/m0/s1. The van der Waals surface area contributed by atoms with E-state index in [1.54, 1.807) is 18.6 Å². The summed E-state index contributed by atoms with van der Waals surface area (Å²) in [5, 5.41) is 9.30. The first-order valence-corrected chi connectivity index (χ1v) is 11.1. The predicted octanol–water partition coefficient (Wildman–Crippen LogP) is 5.12. The first kappa shape index (κ1) is 20.1. The van der Waals surface area contributed by atoms with Crippen LogP contribution >= 0.6 is 0 Å². The van der Waals surface area contributed by atoms with Crippen molar-refractivity contribution in [3.8, 4) is 11.1 Å². The van der Waals surface area contributed by atoms with Crippen molar-refractivity contribution in [2.75, 3.05) is 5.32 Å². The molecule has 7 heteroatoms. The van der Waals surface area contributed by atoms with Gasteiger partial charge in [0, 0.05) is 73.6 Å². The highest BCUT2D eigenvalue weighted by atomic mass is 15.2. The summed E-state index contributed by atoms with van der Waals surface area (Å²) in [6, 6.07) is 16.8. The van der Waals surface area contributed by atoms with Gasteiger partial charge in [0.1, 0.15) is 0 Å². The van der Waals surface area contributed by atoms with E-state index in [-0.39, 0.29) is 6.04 Å². The molecule has 6 aromatic rings. The Balaban J connectivity index is 1.50. The summed E-state index contributed by atoms with van der Waals surface area (Å²) in [4.78, 5) is 13.6. The Morgan fingerprint density at radius 2 is 1.79 bits per heavy atom. The Labute approximate surface area is 196 Å². The quantitative estimate of drug-likeness (QED) is 0.399. The molecule has 1 atom stereocenters. The van der Waals surface area contributed by atoms with Crippen LogP contribution in [0.4, 0.5) is 5.69 Å². The number of benzene rings is 2. The second kappa shape index (κ2) is 8.12. The van der Waals surface area contributed by atoms with Gasteiger partial charge in [-0.2, -0.15) is 5.10 Å². The molecule has 166 valence electrons. The largest absolute Gasteiger partial charge is 0.374 e. The van der Waals surface area contributed by atoms with Crippen molar-refractivity contribution in [2.45, 2.75) is 6.04 Å². The molecule has 0 aliphatic carbocycles. The molecule has 4 aromatic heterocycles. The number of aryl methyl sites for hydroxylation is 2. The summed E-state index contributed by atoms with van der Waals surface area (Å²) in [5.74, 6) is 0. The zero-order chi connectivity index (χ0) is 23.1. The molecule has 34 heavy (non-hydrogen) atoms. The zero-order valence-corrected chi connectivity index (χ0v) is 18.9. The van der Waals surface area contributed by atoms with Crippen LogP contribution in [0, 0.1) is 0 Å². The van der Waals surface area contributed by atoms with Gasteiger partial charge in [0.25, 0.3) is 0 Å². The van der Waals surface area contributed by atoms with E-state index in [1.165, 1.54) is 10.9 Å². The maximum atomic E-state index is 4.67. The van der Waals surface area contributed by atoms with Crippen molar-refractivity contribution in [3.63, 3.8) is 0 Å². The van der Waals surface area contributed by atoms with Crippen molar-refractivity contribution in [1.29, 1.82) is 0 Å². The van der Waals surface area contributed by atoms with Gasteiger partial charge in [0.05, 0.1) is 23.3 Å².